The number of nitrogens with one attached hydrogen (secondary N) is 1. The highest BCUT2D eigenvalue weighted by molar-refractivity contribution is 5.87. The number of nitrogens with zero attached hydrogens (tertiary/aromatic N) is 1. The van der Waals surface area contributed by atoms with Gasteiger partial charge in [0.05, 0.1) is 6.42 Å². The smallest absolute Gasteiger partial charge is 0.327 e. The van der Waals surface area contributed by atoms with Gasteiger partial charge in [-0.05, 0) is 58.7 Å². The Kier molecular flexibility index (Phi) is 6.10. The van der Waals surface area contributed by atoms with Gasteiger partial charge in [-0.1, -0.05) is 30.3 Å². The van der Waals surface area contributed by atoms with Crippen LogP contribution >= 0.6 is 0 Å². The minimum atomic E-state index is -0.757. The molecule has 2 fully saturated rings. The average molecular weight is 389 g/mol. The Hall–Kier alpha value is -1.92. The molecule has 1 aromatic carbocycles. The molecule has 1 aliphatic heterocycles. The summed E-state index contributed by atoms with van der Waals surface area (Å²) in [5.74, 6) is -0.788. The van der Waals surface area contributed by atoms with E-state index in [2.05, 4.69) is 22.3 Å². The normalized spacial score (nSPS) is 26.0. The van der Waals surface area contributed by atoms with E-state index in [1.807, 2.05) is 39.0 Å². The number of benzene rings is 1. The fourth-order valence-electron chi connectivity index (χ4n) is 4.08. The second-order valence-electron chi connectivity index (χ2n) is 9.04. The van der Waals surface area contributed by atoms with E-state index in [4.69, 9.17) is 9.84 Å². The van der Waals surface area contributed by atoms with Crippen LogP contribution in [0.4, 0.5) is 0 Å². The number of carbonyl (C=O) groups is 2. The van der Waals surface area contributed by atoms with E-state index in [9.17, 15) is 9.59 Å². The first-order chi connectivity index (χ1) is 13.2. The third kappa shape index (κ3) is 5.11. The van der Waals surface area contributed by atoms with Crippen molar-refractivity contribution in [3.63, 3.8) is 0 Å². The van der Waals surface area contributed by atoms with Crippen molar-refractivity contribution in [2.45, 2.75) is 69.6 Å². The maximum Gasteiger partial charge on any atom is 0.327 e. The Morgan fingerprint density at radius 3 is 2.43 bits per heavy atom. The molecule has 2 atom stereocenters. The molecule has 0 bridgehead atoms. The largest absolute Gasteiger partial charge is 0.481 e. The number of piperidine rings is 1. The first kappa shape index (κ1) is 20.8. The summed E-state index contributed by atoms with van der Waals surface area (Å²) in [5.41, 5.74) is -0.00189. The fraction of sp³-hybridized carbons (Fsp3) is 0.636. The zero-order chi connectivity index (χ0) is 20.4. The summed E-state index contributed by atoms with van der Waals surface area (Å²) in [6.07, 6.45) is 2.75. The molecule has 2 aliphatic rings. The molecule has 1 heterocycles. The van der Waals surface area contributed by atoms with Gasteiger partial charge in [-0.2, -0.15) is 0 Å². The molecule has 6 heteroatoms. The van der Waals surface area contributed by atoms with E-state index in [0.29, 0.717) is 6.54 Å². The molecule has 2 unspecified atom stereocenters. The van der Waals surface area contributed by atoms with Crippen molar-refractivity contribution in [3.8, 4) is 0 Å². The van der Waals surface area contributed by atoms with E-state index in [0.717, 1.165) is 32.4 Å². The number of ether oxygens (including phenoxy) is 1. The molecule has 2 N–H and O–H groups in total. The molecule has 1 aromatic rings. The second kappa shape index (κ2) is 8.21. The highest BCUT2D eigenvalue weighted by Gasteiger charge is 2.63. The van der Waals surface area contributed by atoms with Crippen molar-refractivity contribution >= 4 is 11.9 Å². The molecule has 0 amide bonds. The molecule has 0 radical (unpaired) electrons. The number of carboxylic acid groups (broad SMARTS) is 1. The number of hydrogen-bond donors (Lipinski definition) is 2. The van der Waals surface area contributed by atoms with Gasteiger partial charge >= 0.3 is 11.9 Å². The van der Waals surface area contributed by atoms with Gasteiger partial charge in [-0.25, -0.2) is 0 Å². The molecule has 1 saturated carbocycles. The van der Waals surface area contributed by atoms with Crippen molar-refractivity contribution in [2.24, 2.45) is 0 Å². The van der Waals surface area contributed by atoms with Crippen molar-refractivity contribution in [2.75, 3.05) is 19.6 Å². The third-order valence-electron chi connectivity index (χ3n) is 5.62. The fourth-order valence-corrected chi connectivity index (χ4v) is 4.08. The van der Waals surface area contributed by atoms with Gasteiger partial charge in [0, 0.05) is 18.5 Å². The first-order valence-corrected chi connectivity index (χ1v) is 10.2. The van der Waals surface area contributed by atoms with Crippen LogP contribution in [0.15, 0.2) is 30.3 Å². The zero-order valence-corrected chi connectivity index (χ0v) is 17.1. The van der Waals surface area contributed by atoms with Crippen LogP contribution in [0.1, 0.15) is 57.9 Å². The lowest BCUT2D eigenvalue weighted by atomic mass is 10.00. The summed E-state index contributed by atoms with van der Waals surface area (Å²) in [4.78, 5) is 26.0. The standard InChI is InChI=1S/C22H32N2O4/c1-21(2,3)28-20(27)22(15-18(22)16-7-5-4-6-8-16)23-17-9-12-24(13-10-17)14-11-19(25)26/h4-8,17-18,23H,9-15H2,1-3H3,(H,25,26). The van der Waals surface area contributed by atoms with Gasteiger partial charge < -0.3 is 14.7 Å². The third-order valence-corrected chi connectivity index (χ3v) is 5.62. The van der Waals surface area contributed by atoms with E-state index in [1.54, 1.807) is 0 Å². The van der Waals surface area contributed by atoms with E-state index >= 15 is 0 Å². The number of rotatable bonds is 7. The quantitative estimate of drug-likeness (QED) is 0.700. The van der Waals surface area contributed by atoms with Crippen molar-refractivity contribution < 1.29 is 19.4 Å². The number of esters is 1. The minimum absolute atomic E-state index is 0.133. The van der Waals surface area contributed by atoms with Crippen LogP contribution in [-0.4, -0.2) is 58.8 Å². The van der Waals surface area contributed by atoms with Gasteiger partial charge in [0.15, 0.2) is 0 Å². The molecule has 154 valence electrons. The molecule has 1 aliphatic carbocycles. The lowest BCUT2D eigenvalue weighted by Gasteiger charge is -2.35. The highest BCUT2D eigenvalue weighted by atomic mass is 16.6. The highest BCUT2D eigenvalue weighted by Crippen LogP contribution is 2.53. The van der Waals surface area contributed by atoms with E-state index < -0.39 is 17.1 Å². The Bertz CT molecular complexity index is 692. The zero-order valence-electron chi connectivity index (χ0n) is 17.1. The molecular weight excluding hydrogens is 356 g/mol. The van der Waals surface area contributed by atoms with Crippen LogP contribution in [0.25, 0.3) is 0 Å². The summed E-state index contributed by atoms with van der Waals surface area (Å²) in [6, 6.07) is 10.4. The predicted molar refractivity (Wildman–Crippen MR) is 107 cm³/mol. The van der Waals surface area contributed by atoms with Gasteiger partial charge in [0.25, 0.3) is 0 Å². The molecule has 0 aromatic heterocycles. The number of likely N-dealkylation sites (tertiary alicyclic amines) is 1. The van der Waals surface area contributed by atoms with Crippen molar-refractivity contribution in [1.82, 2.24) is 10.2 Å². The van der Waals surface area contributed by atoms with Gasteiger partial charge in [0.2, 0.25) is 0 Å². The van der Waals surface area contributed by atoms with Crippen LogP contribution in [-0.2, 0) is 14.3 Å². The molecule has 28 heavy (non-hydrogen) atoms. The summed E-state index contributed by atoms with van der Waals surface area (Å²) in [7, 11) is 0. The van der Waals surface area contributed by atoms with Crippen LogP contribution in [0.2, 0.25) is 0 Å². The average Bonchev–Trinajstić information content (AvgIpc) is 3.36. The molecule has 3 rings (SSSR count). The summed E-state index contributed by atoms with van der Waals surface area (Å²) in [6.45, 7) is 8.00. The molecule has 1 saturated heterocycles. The summed E-state index contributed by atoms with van der Waals surface area (Å²) in [5, 5.41) is 12.5. The van der Waals surface area contributed by atoms with Crippen molar-refractivity contribution in [1.29, 1.82) is 0 Å². The number of aliphatic carboxylic acids is 1. The van der Waals surface area contributed by atoms with E-state index in [1.165, 1.54) is 5.56 Å². The monoisotopic (exact) mass is 388 g/mol. The lowest BCUT2D eigenvalue weighted by molar-refractivity contribution is -0.159. The second-order valence-corrected chi connectivity index (χ2v) is 9.04. The predicted octanol–water partition coefficient (Wildman–Crippen LogP) is 2.78. The Balaban J connectivity index is 1.65. The number of hydrogen-bond acceptors (Lipinski definition) is 5. The SMILES string of the molecule is CC(C)(C)OC(=O)C1(NC2CCN(CCC(=O)O)CC2)CC1c1ccccc1. The van der Waals surface area contributed by atoms with Gasteiger partial charge in [0.1, 0.15) is 11.1 Å². The van der Waals surface area contributed by atoms with Gasteiger partial charge in [-0.15, -0.1) is 0 Å². The summed E-state index contributed by atoms with van der Waals surface area (Å²) < 4.78 is 5.77. The Morgan fingerprint density at radius 2 is 1.86 bits per heavy atom. The first-order valence-electron chi connectivity index (χ1n) is 10.2. The Morgan fingerprint density at radius 1 is 1.21 bits per heavy atom. The maximum absolute atomic E-state index is 13.1. The van der Waals surface area contributed by atoms with Crippen molar-refractivity contribution in [3.05, 3.63) is 35.9 Å². The van der Waals surface area contributed by atoms with Crippen LogP contribution in [0.3, 0.4) is 0 Å². The minimum Gasteiger partial charge on any atom is -0.481 e. The molecule has 0 spiro atoms. The number of carbonyl (C=O) groups excluding carboxylic acids is 1. The van der Waals surface area contributed by atoms with Gasteiger partial charge in [-0.3, -0.25) is 14.9 Å². The van der Waals surface area contributed by atoms with Crippen LogP contribution < -0.4 is 5.32 Å². The lowest BCUT2D eigenvalue weighted by Crippen LogP contribution is -2.52. The van der Waals surface area contributed by atoms with Crippen LogP contribution in [0.5, 0.6) is 0 Å². The van der Waals surface area contributed by atoms with Crippen LogP contribution in [0, 0.1) is 0 Å². The molecular formula is C22H32N2O4. The Labute approximate surface area is 167 Å². The summed E-state index contributed by atoms with van der Waals surface area (Å²) >= 11 is 0. The molecule has 6 nitrogen and oxygen atoms in total. The number of carboxylic acids is 1. The topological polar surface area (TPSA) is 78.9 Å². The maximum atomic E-state index is 13.1. The van der Waals surface area contributed by atoms with E-state index in [-0.39, 0.29) is 24.3 Å².